The van der Waals surface area contributed by atoms with E-state index < -0.39 is 76.1 Å². The number of dihydropyridines is 1. The van der Waals surface area contributed by atoms with Gasteiger partial charge in [-0.05, 0) is 26.2 Å². The fourth-order valence-corrected chi connectivity index (χ4v) is 3.75. The van der Waals surface area contributed by atoms with E-state index in [0.29, 0.717) is 18.7 Å². The Kier molecular flexibility index (Phi) is 9.03. The minimum atomic E-state index is -5.23. The molecule has 0 amide bonds. The van der Waals surface area contributed by atoms with Gasteiger partial charge in [-0.25, -0.2) is 18.4 Å². The second-order valence-electron chi connectivity index (χ2n) is 7.44. The van der Waals surface area contributed by atoms with Gasteiger partial charge in [0.05, 0.1) is 59.4 Å². The predicted molar refractivity (Wildman–Crippen MR) is 111 cm³/mol. The van der Waals surface area contributed by atoms with E-state index in [1.165, 1.54) is 0 Å². The molecule has 0 saturated heterocycles. The Morgan fingerprint density at radius 2 is 1.85 bits per heavy atom. The number of benzene rings is 1. The minimum absolute atomic E-state index is 0.0909. The number of likely N-dealkylation sites (N-methyl/N-ethyl adjacent to an activating group) is 1. The lowest BCUT2D eigenvalue weighted by Crippen LogP contribution is -2.37. The fourth-order valence-electron chi connectivity index (χ4n) is 3.48. The molecule has 0 aromatic heterocycles. The predicted octanol–water partition coefficient (Wildman–Crippen LogP) is 3.50. The minimum Gasteiger partial charge on any atom is -0.478 e. The fraction of sp³-hybridized carbons (Fsp3) is 0.429. The lowest BCUT2D eigenvalue weighted by Gasteiger charge is -2.32. The Hall–Kier alpha value is -2.70. The average molecular weight is 513 g/mol. The normalized spacial score (nSPS) is 16.7. The molecule has 188 valence electrons. The number of hydrogen-bond donors (Lipinski definition) is 2. The van der Waals surface area contributed by atoms with Crippen LogP contribution in [0.15, 0.2) is 34.7 Å². The maximum Gasteiger partial charge on any atom is 0.418 e. The van der Waals surface area contributed by atoms with Crippen LogP contribution in [0.1, 0.15) is 17.0 Å². The zero-order chi connectivity index (χ0) is 25.8. The van der Waals surface area contributed by atoms with Crippen LogP contribution in [0.25, 0.3) is 0 Å². The third kappa shape index (κ3) is 5.86. The van der Waals surface area contributed by atoms with Gasteiger partial charge in [-0.3, -0.25) is 0 Å². The van der Waals surface area contributed by atoms with Crippen LogP contribution in [-0.4, -0.2) is 69.6 Å². The van der Waals surface area contributed by atoms with E-state index in [4.69, 9.17) is 16.3 Å². The first-order valence-corrected chi connectivity index (χ1v) is 10.1. The summed E-state index contributed by atoms with van der Waals surface area (Å²) >= 11 is 5.73. The Labute approximate surface area is 196 Å². The van der Waals surface area contributed by atoms with Crippen molar-refractivity contribution in [1.29, 1.82) is 0 Å². The van der Waals surface area contributed by atoms with E-state index in [1.807, 2.05) is 0 Å². The number of esters is 1. The highest BCUT2D eigenvalue weighted by molar-refractivity contribution is 6.31. The SMILES string of the molecule is COC(=O)C1=C(CF)NC(COCCN(C)C)=C(C(=O)O)C1c1c(F)ccc(Cl)c1C(F)(F)F. The van der Waals surface area contributed by atoms with Crippen molar-refractivity contribution in [3.63, 3.8) is 0 Å². The summed E-state index contributed by atoms with van der Waals surface area (Å²) in [6.07, 6.45) is -5.23. The molecule has 34 heavy (non-hydrogen) atoms. The summed E-state index contributed by atoms with van der Waals surface area (Å²) in [5.41, 5.74) is -5.52. The number of methoxy groups -OCH3 is 1. The number of aliphatic carboxylic acids is 1. The molecule has 7 nitrogen and oxygen atoms in total. The van der Waals surface area contributed by atoms with Gasteiger partial charge in [0.15, 0.2) is 0 Å². The smallest absolute Gasteiger partial charge is 0.418 e. The van der Waals surface area contributed by atoms with Gasteiger partial charge in [0.25, 0.3) is 0 Å². The van der Waals surface area contributed by atoms with Crippen molar-refractivity contribution in [2.24, 2.45) is 0 Å². The maximum absolute atomic E-state index is 15.0. The van der Waals surface area contributed by atoms with Gasteiger partial charge in [0, 0.05) is 12.1 Å². The van der Waals surface area contributed by atoms with E-state index >= 15 is 0 Å². The topological polar surface area (TPSA) is 88.1 Å². The summed E-state index contributed by atoms with van der Waals surface area (Å²) in [7, 11) is 4.35. The molecule has 1 unspecified atom stereocenters. The van der Waals surface area contributed by atoms with E-state index in [1.54, 1.807) is 19.0 Å². The summed E-state index contributed by atoms with van der Waals surface area (Å²) in [5.74, 6) is -6.81. The number of carbonyl (C=O) groups is 2. The van der Waals surface area contributed by atoms with Crippen molar-refractivity contribution in [1.82, 2.24) is 10.2 Å². The molecule has 1 aromatic rings. The van der Waals surface area contributed by atoms with Crippen LogP contribution < -0.4 is 5.32 Å². The number of carbonyl (C=O) groups excluding carboxylic acids is 1. The molecule has 0 aliphatic carbocycles. The number of carboxylic acid groups (broad SMARTS) is 1. The van der Waals surface area contributed by atoms with E-state index in [9.17, 15) is 36.6 Å². The van der Waals surface area contributed by atoms with Crippen LogP contribution in [0.3, 0.4) is 0 Å². The molecule has 2 N–H and O–H groups in total. The van der Waals surface area contributed by atoms with Gasteiger partial charge < -0.3 is 24.8 Å². The molecule has 0 spiro atoms. The molecule has 1 aromatic carbocycles. The summed E-state index contributed by atoms with van der Waals surface area (Å²) < 4.78 is 80.6. The number of ether oxygens (including phenoxy) is 2. The highest BCUT2D eigenvalue weighted by Crippen LogP contribution is 2.47. The number of hydrogen-bond acceptors (Lipinski definition) is 6. The van der Waals surface area contributed by atoms with Gasteiger partial charge in [-0.1, -0.05) is 11.6 Å². The standard InChI is InChI=1S/C21H22ClF5N2O5/c1-29(2)6-7-34-9-13-15(19(30)31)17(16(20(32)33-3)12(8-23)28-13)14-11(24)5-4-10(22)18(14)21(25,26)27/h4-5,17,28H,6-9H2,1-3H3,(H,30,31). The second kappa shape index (κ2) is 11.2. The summed E-state index contributed by atoms with van der Waals surface area (Å²) in [6, 6.07) is 1.25. The first-order chi connectivity index (χ1) is 15.8. The highest BCUT2D eigenvalue weighted by atomic mass is 35.5. The molecular weight excluding hydrogens is 491 g/mol. The average Bonchev–Trinajstić information content (AvgIpc) is 2.75. The molecular formula is C21H22ClF5N2O5. The second-order valence-corrected chi connectivity index (χ2v) is 7.85. The monoisotopic (exact) mass is 512 g/mol. The molecule has 0 fully saturated rings. The summed E-state index contributed by atoms with van der Waals surface area (Å²) in [5, 5.41) is 11.4. The number of allylic oxidation sites excluding steroid dienone is 1. The van der Waals surface area contributed by atoms with Gasteiger partial charge >= 0.3 is 18.1 Å². The lowest BCUT2D eigenvalue weighted by atomic mass is 9.78. The highest BCUT2D eigenvalue weighted by Gasteiger charge is 2.46. The van der Waals surface area contributed by atoms with Crippen LogP contribution in [-0.2, 0) is 25.2 Å². The van der Waals surface area contributed by atoms with E-state index in [0.717, 1.165) is 7.11 Å². The van der Waals surface area contributed by atoms with Gasteiger partial charge in [0.1, 0.15) is 12.5 Å². The van der Waals surface area contributed by atoms with Crippen molar-refractivity contribution in [3.8, 4) is 0 Å². The quantitative estimate of drug-likeness (QED) is 0.297. The molecule has 1 atom stereocenters. The number of nitrogens with one attached hydrogen (secondary N) is 1. The largest absolute Gasteiger partial charge is 0.478 e. The zero-order valence-corrected chi connectivity index (χ0v) is 19.1. The number of carboxylic acids is 1. The molecule has 1 heterocycles. The Bertz CT molecular complexity index is 1020. The molecule has 2 rings (SSSR count). The molecule has 13 heteroatoms. The number of rotatable bonds is 9. The third-order valence-electron chi connectivity index (χ3n) is 4.94. The van der Waals surface area contributed by atoms with Crippen LogP contribution in [0.4, 0.5) is 22.0 Å². The first kappa shape index (κ1) is 27.5. The van der Waals surface area contributed by atoms with Crippen LogP contribution >= 0.6 is 11.6 Å². The number of alkyl halides is 4. The Morgan fingerprint density at radius 3 is 2.35 bits per heavy atom. The maximum atomic E-state index is 15.0. The van der Waals surface area contributed by atoms with Crippen molar-refractivity contribution in [2.45, 2.75) is 12.1 Å². The van der Waals surface area contributed by atoms with Gasteiger partial charge in [-0.15, -0.1) is 0 Å². The summed E-state index contributed by atoms with van der Waals surface area (Å²) in [4.78, 5) is 26.5. The summed E-state index contributed by atoms with van der Waals surface area (Å²) in [6.45, 7) is -1.40. The lowest BCUT2D eigenvalue weighted by molar-refractivity contribution is -0.140. The van der Waals surface area contributed by atoms with Crippen LogP contribution in [0, 0.1) is 5.82 Å². The third-order valence-corrected chi connectivity index (χ3v) is 5.26. The van der Waals surface area contributed by atoms with Crippen LogP contribution in [0.2, 0.25) is 5.02 Å². The van der Waals surface area contributed by atoms with Crippen molar-refractivity contribution in [3.05, 3.63) is 56.6 Å². The van der Waals surface area contributed by atoms with Crippen LogP contribution in [0.5, 0.6) is 0 Å². The van der Waals surface area contributed by atoms with E-state index in [-0.39, 0.29) is 12.3 Å². The molecule has 0 bridgehead atoms. The van der Waals surface area contributed by atoms with Crippen molar-refractivity contribution < 1.29 is 46.1 Å². The number of nitrogens with zero attached hydrogens (tertiary/aromatic N) is 1. The Morgan fingerprint density at radius 1 is 1.21 bits per heavy atom. The van der Waals surface area contributed by atoms with Gasteiger partial charge in [-0.2, -0.15) is 13.2 Å². The Balaban J connectivity index is 2.85. The van der Waals surface area contributed by atoms with Gasteiger partial charge in [0.2, 0.25) is 0 Å². The molecule has 0 saturated carbocycles. The van der Waals surface area contributed by atoms with Crippen molar-refractivity contribution in [2.75, 3.05) is 47.6 Å². The van der Waals surface area contributed by atoms with E-state index in [2.05, 4.69) is 10.1 Å². The number of halogens is 6. The zero-order valence-electron chi connectivity index (χ0n) is 18.4. The molecule has 0 radical (unpaired) electrons. The molecule has 1 aliphatic heterocycles. The first-order valence-electron chi connectivity index (χ1n) is 9.73. The molecule has 1 aliphatic rings. The van der Waals surface area contributed by atoms with Crippen molar-refractivity contribution >= 4 is 23.5 Å².